The van der Waals surface area contributed by atoms with Crippen molar-refractivity contribution < 1.29 is 19.2 Å². The quantitative estimate of drug-likeness (QED) is 0.380. The monoisotopic (exact) mass is 393 g/mol. The number of nitrogens with zero attached hydrogens (tertiary/aromatic N) is 2. The molecule has 1 amide bonds. The van der Waals surface area contributed by atoms with E-state index in [-0.39, 0.29) is 23.5 Å². The molecule has 8 heteroatoms. The average Bonchev–Trinajstić information content (AvgIpc) is 2.70. The van der Waals surface area contributed by atoms with Gasteiger partial charge in [-0.1, -0.05) is 35.5 Å². The van der Waals surface area contributed by atoms with E-state index in [0.29, 0.717) is 16.7 Å². The van der Waals surface area contributed by atoms with E-state index >= 15 is 0 Å². The van der Waals surface area contributed by atoms with Gasteiger partial charge in [-0.25, -0.2) is 10.2 Å². The highest BCUT2D eigenvalue weighted by Crippen LogP contribution is 2.26. The van der Waals surface area contributed by atoms with E-state index in [4.69, 9.17) is 9.25 Å². The van der Waals surface area contributed by atoms with Gasteiger partial charge in [-0.2, -0.15) is 5.10 Å². The van der Waals surface area contributed by atoms with Crippen LogP contribution in [-0.4, -0.2) is 29.5 Å². The van der Waals surface area contributed by atoms with Crippen molar-refractivity contribution in [3.05, 3.63) is 75.6 Å². The fraction of sp³-hybridized carbons (Fsp3) is 0.143. The molecule has 0 saturated carbocycles. The van der Waals surface area contributed by atoms with Gasteiger partial charge < -0.3 is 14.4 Å². The molecule has 0 bridgehead atoms. The molecule has 1 aromatic heterocycles. The molecular formula is C21H19N3O5. The number of hydrogen-bond donors (Lipinski definition) is 2. The zero-order valence-electron chi connectivity index (χ0n) is 15.9. The maximum absolute atomic E-state index is 11.9. The van der Waals surface area contributed by atoms with E-state index in [2.05, 4.69) is 15.7 Å². The molecule has 0 aliphatic heterocycles. The SMILES string of the molecule is CC(=NOCC(=O)NN=Cc1c(O)ccc2c(C)cc(=O)oc12)c1ccccc1. The molecule has 0 saturated heterocycles. The highest BCUT2D eigenvalue weighted by molar-refractivity contribution is 6.00. The minimum Gasteiger partial charge on any atom is -0.507 e. The van der Waals surface area contributed by atoms with Crippen molar-refractivity contribution in [3.63, 3.8) is 0 Å². The average molecular weight is 393 g/mol. The molecule has 3 aromatic rings. The Balaban J connectivity index is 1.65. The van der Waals surface area contributed by atoms with Gasteiger partial charge in [0.2, 0.25) is 0 Å². The van der Waals surface area contributed by atoms with E-state index in [0.717, 1.165) is 5.56 Å². The summed E-state index contributed by atoms with van der Waals surface area (Å²) in [5, 5.41) is 18.4. The number of phenols is 1. The molecule has 0 atom stereocenters. The number of nitrogens with one attached hydrogen (secondary N) is 1. The van der Waals surface area contributed by atoms with E-state index < -0.39 is 11.5 Å². The van der Waals surface area contributed by atoms with Gasteiger partial charge in [0.05, 0.1) is 17.5 Å². The zero-order chi connectivity index (χ0) is 20.8. The topological polar surface area (TPSA) is 113 Å². The van der Waals surface area contributed by atoms with Crippen LogP contribution in [0.15, 0.2) is 68.0 Å². The van der Waals surface area contributed by atoms with Crippen LogP contribution in [-0.2, 0) is 9.63 Å². The summed E-state index contributed by atoms with van der Waals surface area (Å²) in [6.07, 6.45) is 1.20. The van der Waals surface area contributed by atoms with Gasteiger partial charge >= 0.3 is 5.63 Å². The molecule has 3 rings (SSSR count). The van der Waals surface area contributed by atoms with E-state index in [9.17, 15) is 14.7 Å². The minimum atomic E-state index is -0.542. The van der Waals surface area contributed by atoms with Gasteiger partial charge in [-0.05, 0) is 37.1 Å². The normalized spacial score (nSPS) is 11.7. The first kappa shape index (κ1) is 19.8. The highest BCUT2D eigenvalue weighted by atomic mass is 16.6. The molecule has 0 aliphatic rings. The lowest BCUT2D eigenvalue weighted by Crippen LogP contribution is -2.22. The number of aryl methyl sites for hydroxylation is 1. The van der Waals surface area contributed by atoms with Crippen molar-refractivity contribution in [1.82, 2.24) is 5.43 Å². The summed E-state index contributed by atoms with van der Waals surface area (Å²) in [4.78, 5) is 28.5. The van der Waals surface area contributed by atoms with Crippen molar-refractivity contribution in [2.24, 2.45) is 10.3 Å². The summed E-state index contributed by atoms with van der Waals surface area (Å²) in [5.74, 6) is -0.674. The Morgan fingerprint density at radius 2 is 2.00 bits per heavy atom. The van der Waals surface area contributed by atoms with Crippen molar-refractivity contribution in [2.45, 2.75) is 13.8 Å². The third kappa shape index (κ3) is 4.86. The maximum Gasteiger partial charge on any atom is 0.336 e. The van der Waals surface area contributed by atoms with E-state index in [1.807, 2.05) is 30.3 Å². The largest absolute Gasteiger partial charge is 0.507 e. The first-order chi connectivity index (χ1) is 14.0. The summed E-state index contributed by atoms with van der Waals surface area (Å²) >= 11 is 0. The van der Waals surface area contributed by atoms with E-state index in [1.54, 1.807) is 19.9 Å². The smallest absolute Gasteiger partial charge is 0.336 e. The van der Waals surface area contributed by atoms with Crippen LogP contribution in [0.25, 0.3) is 11.0 Å². The number of aromatic hydroxyl groups is 1. The van der Waals surface area contributed by atoms with Gasteiger partial charge in [-0.3, -0.25) is 4.79 Å². The fourth-order valence-electron chi connectivity index (χ4n) is 2.64. The summed E-state index contributed by atoms with van der Waals surface area (Å²) in [5.41, 5.74) is 4.32. The van der Waals surface area contributed by atoms with Crippen LogP contribution in [0, 0.1) is 6.92 Å². The van der Waals surface area contributed by atoms with Gasteiger partial charge in [0.1, 0.15) is 5.75 Å². The highest BCUT2D eigenvalue weighted by Gasteiger charge is 2.11. The Bertz CT molecular complexity index is 1150. The van der Waals surface area contributed by atoms with E-state index in [1.165, 1.54) is 18.3 Å². The number of hydrazone groups is 1. The molecule has 0 radical (unpaired) electrons. The fourth-order valence-corrected chi connectivity index (χ4v) is 2.64. The number of rotatable bonds is 6. The summed E-state index contributed by atoms with van der Waals surface area (Å²) in [6.45, 7) is 3.19. The third-order valence-electron chi connectivity index (χ3n) is 4.11. The summed E-state index contributed by atoms with van der Waals surface area (Å²) in [7, 11) is 0. The molecule has 29 heavy (non-hydrogen) atoms. The Morgan fingerprint density at radius 1 is 1.24 bits per heavy atom. The predicted molar refractivity (Wildman–Crippen MR) is 109 cm³/mol. The second-order valence-electron chi connectivity index (χ2n) is 6.23. The molecule has 0 spiro atoms. The Kier molecular flexibility index (Phi) is 6.03. The zero-order valence-corrected chi connectivity index (χ0v) is 15.9. The lowest BCUT2D eigenvalue weighted by Gasteiger charge is -2.05. The van der Waals surface area contributed by atoms with Gasteiger partial charge in [0.25, 0.3) is 5.91 Å². The number of fused-ring (bicyclic) bond motifs is 1. The van der Waals surface area contributed by atoms with Crippen LogP contribution in [0.4, 0.5) is 0 Å². The van der Waals surface area contributed by atoms with Crippen LogP contribution in [0.1, 0.15) is 23.6 Å². The second kappa shape index (κ2) is 8.83. The predicted octanol–water partition coefficient (Wildman–Crippen LogP) is 2.70. The molecule has 148 valence electrons. The molecule has 0 fully saturated rings. The molecular weight excluding hydrogens is 374 g/mol. The lowest BCUT2D eigenvalue weighted by atomic mass is 10.1. The van der Waals surface area contributed by atoms with Gasteiger partial charge in [0.15, 0.2) is 12.2 Å². The summed E-state index contributed by atoms with van der Waals surface area (Å²) in [6, 6.07) is 13.9. The maximum atomic E-state index is 11.9. The molecule has 0 unspecified atom stereocenters. The number of oxime groups is 1. The minimum absolute atomic E-state index is 0.136. The Labute approximate surface area is 166 Å². The molecule has 2 aromatic carbocycles. The second-order valence-corrected chi connectivity index (χ2v) is 6.23. The standard InChI is InChI=1S/C21H19N3O5/c1-13-10-20(27)29-21-16(13)8-9-18(25)17(21)11-22-23-19(26)12-28-24-14(2)15-6-4-3-5-7-15/h3-11,25H,12H2,1-2H3,(H,23,26). The number of carbonyl (C=O) groups is 1. The number of hydrogen-bond acceptors (Lipinski definition) is 7. The number of phenolic OH excluding ortho intramolecular Hbond substituents is 1. The number of benzene rings is 2. The molecule has 8 nitrogen and oxygen atoms in total. The lowest BCUT2D eigenvalue weighted by molar-refractivity contribution is -0.125. The van der Waals surface area contributed by atoms with Crippen LogP contribution in [0.5, 0.6) is 5.75 Å². The van der Waals surface area contributed by atoms with Crippen molar-refractivity contribution in [3.8, 4) is 5.75 Å². The van der Waals surface area contributed by atoms with Crippen LogP contribution >= 0.6 is 0 Å². The van der Waals surface area contributed by atoms with Crippen molar-refractivity contribution >= 4 is 28.8 Å². The number of amides is 1. The van der Waals surface area contributed by atoms with Crippen molar-refractivity contribution in [2.75, 3.05) is 6.61 Å². The van der Waals surface area contributed by atoms with Gasteiger partial charge in [-0.15, -0.1) is 0 Å². The molecule has 2 N–H and O–H groups in total. The third-order valence-corrected chi connectivity index (χ3v) is 4.11. The first-order valence-corrected chi connectivity index (χ1v) is 8.76. The van der Waals surface area contributed by atoms with Crippen LogP contribution in [0.2, 0.25) is 0 Å². The van der Waals surface area contributed by atoms with Crippen molar-refractivity contribution in [1.29, 1.82) is 0 Å². The Morgan fingerprint density at radius 3 is 2.76 bits per heavy atom. The van der Waals surface area contributed by atoms with Crippen LogP contribution in [0.3, 0.4) is 0 Å². The van der Waals surface area contributed by atoms with Gasteiger partial charge in [0, 0.05) is 11.5 Å². The summed E-state index contributed by atoms with van der Waals surface area (Å²) < 4.78 is 5.18. The van der Waals surface area contributed by atoms with Crippen LogP contribution < -0.4 is 11.1 Å². The molecule has 1 heterocycles. The first-order valence-electron chi connectivity index (χ1n) is 8.76. The Hall–Kier alpha value is -3.94. The number of carbonyl (C=O) groups excluding carboxylic acids is 1. The molecule has 0 aliphatic carbocycles.